The molecule has 0 N–H and O–H groups in total. The standard InChI is InChI=1S/C72H50N2Si2/c1-6-26-53(27-7-1)75(54-28-8-2-9-29-54,55-30-10-3-11-31-55)58-36-22-25-52(50-58)73-65-42-19-16-37-60(65)62-41-23-44-68(72(62)73)74-66-43-20-17-38-61(66)64-49-51(47-48-67(64)74)59-40-24-46-70-71(59)63-39-18-21-45-69(63)76(70,56-32-12-4-13-33-56)57-34-14-5-15-35-57/h1-50H. The van der Waals surface area contributed by atoms with E-state index in [4.69, 9.17) is 0 Å². The van der Waals surface area contributed by atoms with Gasteiger partial charge in [0.2, 0.25) is 0 Å². The van der Waals surface area contributed by atoms with Crippen LogP contribution in [0.3, 0.4) is 0 Å². The fraction of sp³-hybridized carbons (Fsp3) is 0. The minimum Gasteiger partial charge on any atom is -0.307 e. The lowest BCUT2D eigenvalue weighted by molar-refractivity contribution is 1.13. The predicted molar refractivity (Wildman–Crippen MR) is 327 cm³/mol. The highest BCUT2D eigenvalue weighted by Gasteiger charge is 2.49. The summed E-state index contributed by atoms with van der Waals surface area (Å²) in [5.41, 5.74) is 12.2. The van der Waals surface area contributed by atoms with Crippen molar-refractivity contribution in [2.24, 2.45) is 0 Å². The first-order chi connectivity index (χ1) is 37.7. The molecule has 1 aliphatic heterocycles. The molecule has 0 fully saturated rings. The minimum absolute atomic E-state index is 1.14. The molecular weight excluding hydrogens is 949 g/mol. The number of hydrogen-bond donors (Lipinski definition) is 0. The van der Waals surface area contributed by atoms with Gasteiger partial charge in [-0.2, -0.15) is 0 Å². The van der Waals surface area contributed by atoms with E-state index < -0.39 is 16.1 Å². The molecule has 15 rings (SSSR count). The van der Waals surface area contributed by atoms with E-state index in [1.807, 2.05) is 0 Å². The van der Waals surface area contributed by atoms with E-state index >= 15 is 0 Å². The summed E-state index contributed by atoms with van der Waals surface area (Å²) >= 11 is 0. The van der Waals surface area contributed by atoms with Gasteiger partial charge in [0, 0.05) is 27.2 Å². The fourth-order valence-electron chi connectivity index (χ4n) is 13.5. The van der Waals surface area contributed by atoms with Crippen molar-refractivity contribution in [2.75, 3.05) is 0 Å². The third-order valence-corrected chi connectivity index (χ3v) is 26.2. The third kappa shape index (κ3) is 6.38. The number of nitrogens with zero attached hydrogens (tertiary/aromatic N) is 2. The van der Waals surface area contributed by atoms with Gasteiger partial charge in [-0.05, 0) is 106 Å². The molecule has 0 unspecified atom stereocenters. The molecule has 0 saturated heterocycles. The Morgan fingerprint density at radius 3 is 1.39 bits per heavy atom. The van der Waals surface area contributed by atoms with Gasteiger partial charge in [0.05, 0.1) is 27.8 Å². The summed E-state index contributed by atoms with van der Waals surface area (Å²) in [6, 6.07) is 114. The first kappa shape index (κ1) is 44.2. The molecule has 1 aliphatic rings. The molecule has 12 aromatic carbocycles. The molecular formula is C72H50N2Si2. The molecule has 0 amide bonds. The van der Waals surface area contributed by atoms with E-state index in [1.165, 1.54) is 107 Å². The summed E-state index contributed by atoms with van der Waals surface area (Å²) in [6.45, 7) is 0. The van der Waals surface area contributed by atoms with Crippen LogP contribution in [0.5, 0.6) is 0 Å². The van der Waals surface area contributed by atoms with Crippen molar-refractivity contribution in [1.29, 1.82) is 0 Å². The number of rotatable bonds is 9. The molecule has 0 radical (unpaired) electrons. The number of fused-ring (bicyclic) bond motifs is 9. The van der Waals surface area contributed by atoms with Gasteiger partial charge in [0.25, 0.3) is 0 Å². The van der Waals surface area contributed by atoms with E-state index in [2.05, 4.69) is 312 Å². The second-order valence-corrected chi connectivity index (χ2v) is 27.8. The zero-order chi connectivity index (χ0) is 50.2. The van der Waals surface area contributed by atoms with Gasteiger partial charge in [-0.15, -0.1) is 0 Å². The van der Waals surface area contributed by atoms with Crippen molar-refractivity contribution in [3.63, 3.8) is 0 Å². The van der Waals surface area contributed by atoms with E-state index in [0.29, 0.717) is 0 Å². The number of para-hydroxylation sites is 3. The Kier molecular flexibility index (Phi) is 10.3. The summed E-state index contributed by atoms with van der Waals surface area (Å²) in [5.74, 6) is 0. The van der Waals surface area contributed by atoms with Crippen molar-refractivity contribution in [3.8, 4) is 33.6 Å². The Morgan fingerprint density at radius 2 is 0.750 bits per heavy atom. The lowest BCUT2D eigenvalue weighted by atomic mass is 9.94. The molecule has 0 spiro atoms. The average molecular weight is 999 g/mol. The van der Waals surface area contributed by atoms with Crippen molar-refractivity contribution in [2.45, 2.75) is 0 Å². The molecule has 0 atom stereocenters. The molecule has 4 heteroatoms. The molecule has 356 valence electrons. The summed E-state index contributed by atoms with van der Waals surface area (Å²) in [5, 5.41) is 16.0. The summed E-state index contributed by atoms with van der Waals surface area (Å²) in [4.78, 5) is 0. The van der Waals surface area contributed by atoms with Crippen molar-refractivity contribution >= 4 is 101 Å². The maximum absolute atomic E-state index is 2.84. The molecule has 14 aromatic rings. The van der Waals surface area contributed by atoms with Crippen LogP contribution in [0.1, 0.15) is 0 Å². The third-order valence-electron chi connectivity index (χ3n) is 16.5. The highest BCUT2D eigenvalue weighted by molar-refractivity contribution is 7.22. The van der Waals surface area contributed by atoms with Crippen molar-refractivity contribution in [3.05, 3.63) is 303 Å². The zero-order valence-electron chi connectivity index (χ0n) is 41.8. The highest BCUT2D eigenvalue weighted by atomic mass is 28.3. The van der Waals surface area contributed by atoms with Crippen molar-refractivity contribution in [1.82, 2.24) is 9.13 Å². The largest absolute Gasteiger partial charge is 0.307 e. The Labute approximate surface area is 444 Å². The van der Waals surface area contributed by atoms with Crippen LogP contribution in [-0.2, 0) is 0 Å². The molecule has 0 bridgehead atoms. The zero-order valence-corrected chi connectivity index (χ0v) is 43.8. The van der Waals surface area contributed by atoms with E-state index in [9.17, 15) is 0 Å². The topological polar surface area (TPSA) is 9.86 Å². The summed E-state index contributed by atoms with van der Waals surface area (Å²) < 4.78 is 5.07. The second-order valence-electron chi connectivity index (χ2n) is 20.3. The van der Waals surface area contributed by atoms with Crippen molar-refractivity contribution < 1.29 is 0 Å². The Hall–Kier alpha value is -9.33. The maximum atomic E-state index is 2.54. The number of aromatic nitrogens is 2. The quantitative estimate of drug-likeness (QED) is 0.101. The summed E-state index contributed by atoms with van der Waals surface area (Å²) in [6.07, 6.45) is 0. The fourth-order valence-corrected chi connectivity index (χ4v) is 23.5. The van der Waals surface area contributed by atoms with Crippen LogP contribution in [0.15, 0.2) is 303 Å². The first-order valence-electron chi connectivity index (χ1n) is 26.4. The minimum atomic E-state index is -2.84. The lowest BCUT2D eigenvalue weighted by Gasteiger charge is -2.34. The van der Waals surface area contributed by atoms with Crippen LogP contribution in [0.4, 0.5) is 0 Å². The first-order valence-corrected chi connectivity index (χ1v) is 30.4. The van der Waals surface area contributed by atoms with Crippen LogP contribution in [-0.4, -0.2) is 25.3 Å². The van der Waals surface area contributed by atoms with Gasteiger partial charge >= 0.3 is 0 Å². The number of hydrogen-bond acceptors (Lipinski definition) is 0. The van der Waals surface area contributed by atoms with E-state index in [-0.39, 0.29) is 0 Å². The second kappa shape index (κ2) is 17.7. The van der Waals surface area contributed by atoms with Gasteiger partial charge < -0.3 is 9.13 Å². The Morgan fingerprint density at radius 1 is 0.289 bits per heavy atom. The van der Waals surface area contributed by atoms with Gasteiger partial charge in [-0.25, -0.2) is 0 Å². The highest BCUT2D eigenvalue weighted by Crippen LogP contribution is 2.43. The Bertz CT molecular complexity index is 4370. The van der Waals surface area contributed by atoms with Crippen LogP contribution in [0, 0.1) is 0 Å². The normalized spacial score (nSPS) is 12.8. The number of benzene rings is 12. The molecule has 2 nitrogen and oxygen atoms in total. The van der Waals surface area contributed by atoms with E-state index in [0.717, 1.165) is 11.4 Å². The average Bonchev–Trinajstić information content (AvgIpc) is 4.28. The maximum Gasteiger partial charge on any atom is 0.180 e. The smallest absolute Gasteiger partial charge is 0.180 e. The Balaban J connectivity index is 0.962. The molecule has 0 aliphatic carbocycles. The van der Waals surface area contributed by atoms with Gasteiger partial charge in [0.15, 0.2) is 16.1 Å². The summed E-state index contributed by atoms with van der Waals surface area (Å²) in [7, 11) is -5.51. The van der Waals surface area contributed by atoms with Crippen LogP contribution in [0.2, 0.25) is 0 Å². The van der Waals surface area contributed by atoms with Crippen LogP contribution >= 0.6 is 0 Å². The van der Waals surface area contributed by atoms with Crippen LogP contribution < -0.4 is 41.5 Å². The predicted octanol–water partition coefficient (Wildman–Crippen LogP) is 12.3. The SMILES string of the molecule is c1ccc([Si](c2ccccc2)(c2ccccc2)c2cccc(-n3c4ccccc4c4cccc(-n5c6ccccc6c6cc(-c7cccc8c7-c7ccccc7[Si]8(c7ccccc7)c7ccccc7)ccc65)c43)c2)cc1. The van der Waals surface area contributed by atoms with Gasteiger partial charge in [0.1, 0.15) is 0 Å². The van der Waals surface area contributed by atoms with Gasteiger partial charge in [-0.3, -0.25) is 0 Å². The van der Waals surface area contributed by atoms with E-state index in [1.54, 1.807) is 0 Å². The van der Waals surface area contributed by atoms with Crippen LogP contribution in [0.25, 0.3) is 77.2 Å². The monoisotopic (exact) mass is 998 g/mol. The molecule has 2 aromatic heterocycles. The molecule has 76 heavy (non-hydrogen) atoms. The lowest BCUT2D eigenvalue weighted by Crippen LogP contribution is -2.74. The molecule has 3 heterocycles. The van der Waals surface area contributed by atoms with Gasteiger partial charge in [-0.1, -0.05) is 261 Å². The molecule has 0 saturated carbocycles.